The summed E-state index contributed by atoms with van der Waals surface area (Å²) < 4.78 is 0. The molecule has 64 valence electrons. The van der Waals surface area contributed by atoms with E-state index in [0.717, 1.165) is 5.56 Å². The third-order valence-corrected chi connectivity index (χ3v) is 1.39. The zero-order valence-electron chi connectivity index (χ0n) is 6.87. The van der Waals surface area contributed by atoms with E-state index >= 15 is 0 Å². The highest BCUT2D eigenvalue weighted by molar-refractivity contribution is 5.72. The minimum absolute atomic E-state index is 0.0492. The predicted molar refractivity (Wildman–Crippen MR) is 46.2 cm³/mol. The Morgan fingerprint density at radius 1 is 1.67 bits per heavy atom. The number of nitrogen functional groups attached to an aromatic ring is 1. The number of pyridine rings is 1. The summed E-state index contributed by atoms with van der Waals surface area (Å²) in [5, 5.41) is 2.66. The summed E-state index contributed by atoms with van der Waals surface area (Å²) in [4.78, 5) is 14.4. The van der Waals surface area contributed by atoms with Gasteiger partial charge in [-0.05, 0) is 11.6 Å². The van der Waals surface area contributed by atoms with Crippen LogP contribution in [-0.4, -0.2) is 10.9 Å². The first-order chi connectivity index (χ1) is 5.68. The van der Waals surface area contributed by atoms with Crippen molar-refractivity contribution in [2.45, 2.75) is 13.5 Å². The Balaban J connectivity index is 2.53. The zero-order chi connectivity index (χ0) is 8.97. The molecule has 0 aliphatic heterocycles. The highest BCUT2D eigenvalue weighted by atomic mass is 16.1. The summed E-state index contributed by atoms with van der Waals surface area (Å²) in [6.07, 6.45) is 1.64. The van der Waals surface area contributed by atoms with Gasteiger partial charge < -0.3 is 11.1 Å². The number of rotatable bonds is 2. The summed E-state index contributed by atoms with van der Waals surface area (Å²) in [5.41, 5.74) is 6.33. The number of carbonyl (C=O) groups excluding carboxylic acids is 1. The molecule has 0 unspecified atom stereocenters. The summed E-state index contributed by atoms with van der Waals surface area (Å²) >= 11 is 0. The number of aromatic nitrogens is 1. The van der Waals surface area contributed by atoms with E-state index in [4.69, 9.17) is 5.73 Å². The minimum Gasteiger partial charge on any atom is -0.384 e. The first kappa shape index (κ1) is 8.52. The molecular formula is C8H11N3O. The largest absolute Gasteiger partial charge is 0.384 e. The van der Waals surface area contributed by atoms with Crippen molar-refractivity contribution in [1.82, 2.24) is 10.3 Å². The van der Waals surface area contributed by atoms with Crippen molar-refractivity contribution >= 4 is 11.7 Å². The second-order valence-corrected chi connectivity index (χ2v) is 2.50. The quantitative estimate of drug-likeness (QED) is 0.662. The maximum Gasteiger partial charge on any atom is 0.217 e. The van der Waals surface area contributed by atoms with Gasteiger partial charge >= 0.3 is 0 Å². The summed E-state index contributed by atoms with van der Waals surface area (Å²) in [5.74, 6) is 0.438. The Kier molecular flexibility index (Phi) is 2.63. The maximum absolute atomic E-state index is 10.5. The number of anilines is 1. The molecular weight excluding hydrogens is 154 g/mol. The van der Waals surface area contributed by atoms with Crippen molar-refractivity contribution in [2.75, 3.05) is 5.73 Å². The van der Waals surface area contributed by atoms with E-state index in [1.807, 2.05) is 6.07 Å². The molecule has 1 rings (SSSR count). The lowest BCUT2D eigenvalue weighted by molar-refractivity contribution is -0.119. The zero-order valence-corrected chi connectivity index (χ0v) is 6.87. The molecule has 4 heteroatoms. The first-order valence-corrected chi connectivity index (χ1v) is 3.63. The van der Waals surface area contributed by atoms with Crippen LogP contribution in [0, 0.1) is 0 Å². The summed E-state index contributed by atoms with van der Waals surface area (Å²) in [6.45, 7) is 1.98. The molecule has 0 radical (unpaired) electrons. The van der Waals surface area contributed by atoms with E-state index in [1.54, 1.807) is 12.3 Å². The van der Waals surface area contributed by atoms with Crippen LogP contribution in [0.15, 0.2) is 18.3 Å². The van der Waals surface area contributed by atoms with Gasteiger partial charge in [-0.1, -0.05) is 6.07 Å². The van der Waals surface area contributed by atoms with E-state index < -0.39 is 0 Å². The highest BCUT2D eigenvalue weighted by Gasteiger charge is 1.94. The van der Waals surface area contributed by atoms with Crippen molar-refractivity contribution in [3.8, 4) is 0 Å². The van der Waals surface area contributed by atoms with Gasteiger partial charge in [0.1, 0.15) is 5.82 Å². The molecule has 1 amide bonds. The number of amides is 1. The maximum atomic E-state index is 10.5. The molecule has 0 saturated carbocycles. The second kappa shape index (κ2) is 3.71. The van der Waals surface area contributed by atoms with Crippen LogP contribution in [0.25, 0.3) is 0 Å². The third kappa shape index (κ3) is 2.57. The minimum atomic E-state index is -0.0492. The van der Waals surface area contributed by atoms with E-state index in [9.17, 15) is 4.79 Å². The smallest absolute Gasteiger partial charge is 0.217 e. The van der Waals surface area contributed by atoms with Crippen LogP contribution in [0.5, 0.6) is 0 Å². The van der Waals surface area contributed by atoms with Gasteiger partial charge in [-0.25, -0.2) is 4.98 Å². The average molecular weight is 165 g/mol. The third-order valence-electron chi connectivity index (χ3n) is 1.39. The molecule has 1 aromatic heterocycles. The Bertz CT molecular complexity index is 268. The number of nitrogens with one attached hydrogen (secondary N) is 1. The monoisotopic (exact) mass is 165 g/mol. The second-order valence-electron chi connectivity index (χ2n) is 2.50. The molecule has 0 fully saturated rings. The Labute approximate surface area is 70.8 Å². The van der Waals surface area contributed by atoms with Crippen LogP contribution in [0.4, 0.5) is 5.82 Å². The van der Waals surface area contributed by atoms with Crippen molar-refractivity contribution in [2.24, 2.45) is 0 Å². The molecule has 0 bridgehead atoms. The fourth-order valence-electron chi connectivity index (χ4n) is 0.767. The standard InChI is InChI=1S/C8H11N3O/c1-6(12)10-4-7-2-3-8(9)11-5-7/h2-3,5H,4H2,1H3,(H2,9,11)(H,10,12). The number of nitrogens with zero attached hydrogens (tertiary/aromatic N) is 1. The molecule has 0 aromatic carbocycles. The van der Waals surface area contributed by atoms with E-state index in [2.05, 4.69) is 10.3 Å². The van der Waals surface area contributed by atoms with Crippen LogP contribution in [-0.2, 0) is 11.3 Å². The van der Waals surface area contributed by atoms with Crippen molar-refractivity contribution in [3.63, 3.8) is 0 Å². The van der Waals surface area contributed by atoms with Gasteiger partial charge in [0.25, 0.3) is 0 Å². The molecule has 1 heterocycles. The Hall–Kier alpha value is -1.58. The molecule has 0 saturated heterocycles. The molecule has 0 aliphatic rings. The van der Waals surface area contributed by atoms with Crippen LogP contribution in [0.2, 0.25) is 0 Å². The molecule has 0 spiro atoms. The fourth-order valence-corrected chi connectivity index (χ4v) is 0.767. The fraction of sp³-hybridized carbons (Fsp3) is 0.250. The van der Waals surface area contributed by atoms with Crippen LogP contribution < -0.4 is 11.1 Å². The average Bonchev–Trinajstić information content (AvgIpc) is 2.03. The predicted octanol–water partition coefficient (Wildman–Crippen LogP) is 0.300. The lowest BCUT2D eigenvalue weighted by Gasteiger charge is -2.01. The van der Waals surface area contributed by atoms with Crippen LogP contribution >= 0.6 is 0 Å². The molecule has 0 aliphatic carbocycles. The lowest BCUT2D eigenvalue weighted by atomic mass is 10.3. The van der Waals surface area contributed by atoms with Gasteiger partial charge in [-0.3, -0.25) is 4.79 Å². The number of hydrogen-bond donors (Lipinski definition) is 2. The van der Waals surface area contributed by atoms with Crippen molar-refractivity contribution in [3.05, 3.63) is 23.9 Å². The number of carbonyl (C=O) groups is 1. The van der Waals surface area contributed by atoms with Gasteiger partial charge in [0.15, 0.2) is 0 Å². The first-order valence-electron chi connectivity index (χ1n) is 3.63. The molecule has 4 nitrogen and oxygen atoms in total. The number of hydrogen-bond acceptors (Lipinski definition) is 3. The van der Waals surface area contributed by atoms with Gasteiger partial charge in [0.2, 0.25) is 5.91 Å². The molecule has 1 aromatic rings. The molecule has 0 atom stereocenters. The van der Waals surface area contributed by atoms with Crippen molar-refractivity contribution < 1.29 is 4.79 Å². The summed E-state index contributed by atoms with van der Waals surface area (Å²) in [6, 6.07) is 3.54. The Morgan fingerprint density at radius 2 is 2.42 bits per heavy atom. The lowest BCUT2D eigenvalue weighted by Crippen LogP contribution is -2.18. The SMILES string of the molecule is CC(=O)NCc1ccc(N)nc1. The van der Waals surface area contributed by atoms with Crippen LogP contribution in [0.1, 0.15) is 12.5 Å². The van der Waals surface area contributed by atoms with Crippen molar-refractivity contribution in [1.29, 1.82) is 0 Å². The van der Waals surface area contributed by atoms with E-state index in [1.165, 1.54) is 6.92 Å². The van der Waals surface area contributed by atoms with E-state index in [-0.39, 0.29) is 5.91 Å². The molecule has 12 heavy (non-hydrogen) atoms. The van der Waals surface area contributed by atoms with Gasteiger partial charge in [-0.15, -0.1) is 0 Å². The van der Waals surface area contributed by atoms with Gasteiger partial charge in [0.05, 0.1) is 0 Å². The normalized spacial score (nSPS) is 9.42. The van der Waals surface area contributed by atoms with Gasteiger partial charge in [0, 0.05) is 19.7 Å². The van der Waals surface area contributed by atoms with E-state index in [0.29, 0.717) is 12.4 Å². The Morgan fingerprint density at radius 3 is 2.92 bits per heavy atom. The topological polar surface area (TPSA) is 68.0 Å². The number of nitrogens with two attached hydrogens (primary N) is 1. The highest BCUT2D eigenvalue weighted by Crippen LogP contribution is 1.99. The van der Waals surface area contributed by atoms with Gasteiger partial charge in [-0.2, -0.15) is 0 Å². The van der Waals surface area contributed by atoms with Crippen LogP contribution in [0.3, 0.4) is 0 Å². The summed E-state index contributed by atoms with van der Waals surface area (Å²) in [7, 11) is 0. The molecule has 3 N–H and O–H groups in total.